The molecular weight excluding hydrogens is 433 g/mol. The second-order valence-corrected chi connectivity index (χ2v) is 8.45. The number of rotatable bonds is 5. The van der Waals surface area contributed by atoms with E-state index in [1.165, 1.54) is 42.3 Å². The van der Waals surface area contributed by atoms with E-state index in [1.807, 2.05) is 10.8 Å². The van der Waals surface area contributed by atoms with Crippen LogP contribution >= 0.6 is 0 Å². The number of alkyl halides is 3. The number of fused-ring (bicyclic) bond motifs is 1. The molecule has 0 spiro atoms. The summed E-state index contributed by atoms with van der Waals surface area (Å²) in [7, 11) is 0. The van der Waals surface area contributed by atoms with Gasteiger partial charge in [-0.25, -0.2) is 4.98 Å². The summed E-state index contributed by atoms with van der Waals surface area (Å²) in [5, 5.41) is 8.99. The molecule has 1 aliphatic heterocycles. The van der Waals surface area contributed by atoms with Crippen molar-refractivity contribution in [2.24, 2.45) is 0 Å². The molecule has 0 amide bonds. The van der Waals surface area contributed by atoms with Crippen molar-refractivity contribution >= 4 is 0 Å². The van der Waals surface area contributed by atoms with Gasteiger partial charge in [0.05, 0.1) is 18.6 Å². The first-order valence-electron chi connectivity index (χ1n) is 10.7. The smallest absolute Gasteiger partial charge is 0.437 e. The fourth-order valence-corrected chi connectivity index (χ4v) is 4.40. The van der Waals surface area contributed by atoms with Crippen molar-refractivity contribution in [3.63, 3.8) is 0 Å². The molecule has 2 aliphatic rings. The molecule has 3 aromatic heterocycles. The Hall–Kier alpha value is -3.69. The highest BCUT2D eigenvalue weighted by Crippen LogP contribution is 2.48. The van der Waals surface area contributed by atoms with E-state index in [4.69, 9.17) is 4.74 Å². The second-order valence-electron chi connectivity index (χ2n) is 8.45. The predicted molar refractivity (Wildman–Crippen MR) is 112 cm³/mol. The third kappa shape index (κ3) is 3.65. The molecule has 6 rings (SSSR count). The molecule has 1 atom stereocenters. The minimum atomic E-state index is -4.60. The summed E-state index contributed by atoms with van der Waals surface area (Å²) in [6, 6.07) is 9.39. The molecule has 1 aromatic carbocycles. The van der Waals surface area contributed by atoms with Crippen LogP contribution in [0.5, 0.6) is 5.75 Å². The Labute approximate surface area is 186 Å². The molecule has 0 unspecified atom stereocenters. The van der Waals surface area contributed by atoms with Gasteiger partial charge in [0.15, 0.2) is 5.69 Å². The number of imidazole rings is 1. The van der Waals surface area contributed by atoms with Gasteiger partial charge in [0.1, 0.15) is 17.1 Å². The number of para-hydroxylation sites is 1. The summed E-state index contributed by atoms with van der Waals surface area (Å²) in [6.07, 6.45) is 2.85. The number of ether oxygens (including phenoxy) is 1. The number of benzene rings is 1. The van der Waals surface area contributed by atoms with Crippen LogP contribution in [0.2, 0.25) is 0 Å². The lowest BCUT2D eigenvalue weighted by molar-refractivity contribution is -0.140. The molecule has 0 radical (unpaired) electrons. The number of pyridine rings is 1. The summed E-state index contributed by atoms with van der Waals surface area (Å²) in [4.78, 5) is 8.72. The van der Waals surface area contributed by atoms with Crippen molar-refractivity contribution in [3.8, 4) is 28.4 Å². The Morgan fingerprint density at radius 1 is 1.06 bits per heavy atom. The van der Waals surface area contributed by atoms with Crippen LogP contribution in [0, 0.1) is 0 Å². The van der Waals surface area contributed by atoms with Gasteiger partial charge in [-0.15, -0.1) is 0 Å². The van der Waals surface area contributed by atoms with E-state index in [2.05, 4.69) is 43.6 Å². The predicted octanol–water partition coefficient (Wildman–Crippen LogP) is 4.80. The monoisotopic (exact) mass is 452 g/mol. The zero-order valence-electron chi connectivity index (χ0n) is 17.4. The number of nitrogens with zero attached hydrogens (tertiary/aromatic N) is 5. The first-order valence-corrected chi connectivity index (χ1v) is 10.7. The Balaban J connectivity index is 1.24. The second kappa shape index (κ2) is 7.43. The number of hydrogen-bond donors (Lipinski definition) is 1. The number of aromatic amines is 1. The quantitative estimate of drug-likeness (QED) is 0.470. The van der Waals surface area contributed by atoms with Gasteiger partial charge in [0, 0.05) is 36.0 Å². The molecule has 1 saturated carbocycles. The number of nitrogens with one attached hydrogen (secondary N) is 1. The maximum absolute atomic E-state index is 13.2. The van der Waals surface area contributed by atoms with Crippen molar-refractivity contribution in [2.45, 2.75) is 37.4 Å². The van der Waals surface area contributed by atoms with E-state index in [0.717, 1.165) is 5.75 Å². The third-order valence-electron chi connectivity index (χ3n) is 6.14. The van der Waals surface area contributed by atoms with Crippen molar-refractivity contribution in [1.29, 1.82) is 0 Å². The summed E-state index contributed by atoms with van der Waals surface area (Å²) in [5.41, 5.74) is 2.50. The zero-order chi connectivity index (χ0) is 22.6. The molecule has 33 heavy (non-hydrogen) atoms. The highest BCUT2D eigenvalue weighted by atomic mass is 19.4. The van der Waals surface area contributed by atoms with Gasteiger partial charge in [-0.2, -0.15) is 28.6 Å². The maximum atomic E-state index is 13.2. The molecule has 4 aromatic rings. The normalized spacial score (nSPS) is 17.7. The standard InChI is InChI=1S/C23H19F3N6O/c24-23(25,26)22-20(29-31-30-22)14-6-7-27-18(8-14)19-10-32(12-28-19)9-15-11-33-21-16(13-4-5-13)2-1-3-17(15)21/h1-3,6-8,10,12-13,15H,4-5,9,11H2,(H,29,30,31)/t15-/m1/s1. The highest BCUT2D eigenvalue weighted by Gasteiger charge is 2.38. The molecule has 1 N–H and O–H groups in total. The number of H-pyrrole nitrogens is 1. The van der Waals surface area contributed by atoms with Crippen LogP contribution in [0.4, 0.5) is 13.2 Å². The molecule has 7 nitrogen and oxygen atoms in total. The molecule has 168 valence electrons. The molecule has 1 fully saturated rings. The van der Waals surface area contributed by atoms with Gasteiger partial charge < -0.3 is 9.30 Å². The number of hydrogen-bond acceptors (Lipinski definition) is 5. The first kappa shape index (κ1) is 20.0. The average Bonchev–Trinajstić information content (AvgIpc) is 3.19. The Morgan fingerprint density at radius 3 is 2.73 bits per heavy atom. The van der Waals surface area contributed by atoms with Crippen molar-refractivity contribution in [3.05, 3.63) is 65.9 Å². The fraction of sp³-hybridized carbons (Fsp3) is 0.304. The topological polar surface area (TPSA) is 81.5 Å². The SMILES string of the molecule is FC(F)(F)c1n[nH]nc1-c1ccnc(-c2cn(C[C@@H]3COc4c(C5CC5)cccc43)cn2)c1. The Bertz CT molecular complexity index is 1320. The lowest BCUT2D eigenvalue weighted by atomic mass is 9.97. The van der Waals surface area contributed by atoms with Crippen molar-refractivity contribution < 1.29 is 17.9 Å². The molecular formula is C23H19F3N6O. The van der Waals surface area contributed by atoms with Crippen LogP contribution in [0.3, 0.4) is 0 Å². The maximum Gasteiger partial charge on any atom is 0.437 e. The van der Waals surface area contributed by atoms with Gasteiger partial charge in [0.2, 0.25) is 0 Å². The lowest BCUT2D eigenvalue weighted by Gasteiger charge is -2.10. The van der Waals surface area contributed by atoms with E-state index in [0.29, 0.717) is 30.5 Å². The van der Waals surface area contributed by atoms with Crippen molar-refractivity contribution in [1.82, 2.24) is 29.9 Å². The van der Waals surface area contributed by atoms with Crippen LogP contribution in [0.15, 0.2) is 49.1 Å². The summed E-state index contributed by atoms with van der Waals surface area (Å²) in [6.45, 7) is 1.31. The minimum Gasteiger partial charge on any atom is -0.492 e. The van der Waals surface area contributed by atoms with E-state index < -0.39 is 11.9 Å². The van der Waals surface area contributed by atoms with Crippen LogP contribution in [-0.4, -0.2) is 36.6 Å². The largest absolute Gasteiger partial charge is 0.492 e. The first-order chi connectivity index (χ1) is 16.0. The zero-order valence-corrected chi connectivity index (χ0v) is 17.4. The average molecular weight is 452 g/mol. The van der Waals surface area contributed by atoms with E-state index in [1.54, 1.807) is 6.33 Å². The van der Waals surface area contributed by atoms with E-state index >= 15 is 0 Å². The molecule has 10 heteroatoms. The third-order valence-corrected chi connectivity index (χ3v) is 6.14. The van der Waals surface area contributed by atoms with Gasteiger partial charge >= 0.3 is 6.18 Å². The highest BCUT2D eigenvalue weighted by molar-refractivity contribution is 5.67. The summed E-state index contributed by atoms with van der Waals surface area (Å²) in [5.74, 6) is 1.87. The van der Waals surface area contributed by atoms with E-state index in [-0.39, 0.29) is 17.2 Å². The molecule has 0 saturated heterocycles. The molecule has 1 aliphatic carbocycles. The molecule has 4 heterocycles. The molecule has 0 bridgehead atoms. The summed E-state index contributed by atoms with van der Waals surface area (Å²) < 4.78 is 47.6. The van der Waals surface area contributed by atoms with Crippen LogP contribution in [0.25, 0.3) is 22.6 Å². The number of halogens is 3. The number of aromatic nitrogens is 6. The summed E-state index contributed by atoms with van der Waals surface area (Å²) >= 11 is 0. The van der Waals surface area contributed by atoms with Crippen LogP contribution < -0.4 is 4.74 Å². The van der Waals surface area contributed by atoms with Crippen LogP contribution in [0.1, 0.15) is 41.5 Å². The Morgan fingerprint density at radius 2 is 1.91 bits per heavy atom. The van der Waals surface area contributed by atoms with Gasteiger partial charge in [-0.3, -0.25) is 4.98 Å². The van der Waals surface area contributed by atoms with Gasteiger partial charge in [-0.1, -0.05) is 18.2 Å². The van der Waals surface area contributed by atoms with Crippen LogP contribution in [-0.2, 0) is 12.7 Å². The van der Waals surface area contributed by atoms with Crippen molar-refractivity contribution in [2.75, 3.05) is 6.61 Å². The fourth-order valence-electron chi connectivity index (χ4n) is 4.40. The lowest BCUT2D eigenvalue weighted by Crippen LogP contribution is -2.09. The van der Waals surface area contributed by atoms with Gasteiger partial charge in [-0.05, 0) is 36.5 Å². The minimum absolute atomic E-state index is 0.213. The van der Waals surface area contributed by atoms with E-state index in [9.17, 15) is 13.2 Å². The Kier molecular flexibility index (Phi) is 4.49. The van der Waals surface area contributed by atoms with Gasteiger partial charge in [0.25, 0.3) is 0 Å².